The van der Waals surface area contributed by atoms with Crippen LogP contribution in [0.4, 0.5) is 5.69 Å². The molecule has 1 fully saturated rings. The van der Waals surface area contributed by atoms with Crippen molar-refractivity contribution in [3.63, 3.8) is 0 Å². The van der Waals surface area contributed by atoms with E-state index in [0.717, 1.165) is 11.6 Å². The molecule has 0 atom stereocenters. The SMILES string of the molecule is CCOC(/C=C1\Sc2ccccc2N1CC)=C1\SC(=S)N(CC)C1=O. The van der Waals surface area contributed by atoms with E-state index in [1.807, 2.05) is 32.1 Å². The molecular formula is C18H20N2O2S3. The van der Waals surface area contributed by atoms with Crippen LogP contribution in [0.1, 0.15) is 20.8 Å². The fourth-order valence-electron chi connectivity index (χ4n) is 2.75. The Balaban J connectivity index is 2.01. The fraction of sp³-hybridized carbons (Fsp3) is 0.333. The lowest BCUT2D eigenvalue weighted by molar-refractivity contribution is -0.122. The lowest BCUT2D eigenvalue weighted by Gasteiger charge is -2.18. The number of anilines is 1. The van der Waals surface area contributed by atoms with Crippen LogP contribution >= 0.6 is 35.7 Å². The lowest BCUT2D eigenvalue weighted by atomic mass is 10.3. The van der Waals surface area contributed by atoms with Gasteiger partial charge in [-0.2, -0.15) is 0 Å². The van der Waals surface area contributed by atoms with E-state index < -0.39 is 0 Å². The predicted molar refractivity (Wildman–Crippen MR) is 110 cm³/mol. The van der Waals surface area contributed by atoms with Crippen molar-refractivity contribution in [1.82, 2.24) is 4.90 Å². The predicted octanol–water partition coefficient (Wildman–Crippen LogP) is 4.59. The van der Waals surface area contributed by atoms with E-state index in [1.165, 1.54) is 22.3 Å². The van der Waals surface area contributed by atoms with Gasteiger partial charge in [0, 0.05) is 24.1 Å². The summed E-state index contributed by atoms with van der Waals surface area (Å²) in [6, 6.07) is 8.31. The third kappa shape index (κ3) is 3.45. The van der Waals surface area contributed by atoms with Gasteiger partial charge in [0.15, 0.2) is 0 Å². The number of carbonyl (C=O) groups is 1. The van der Waals surface area contributed by atoms with Crippen molar-refractivity contribution in [2.45, 2.75) is 25.7 Å². The number of amides is 1. The molecule has 4 nitrogen and oxygen atoms in total. The van der Waals surface area contributed by atoms with Crippen molar-refractivity contribution >= 4 is 51.7 Å². The van der Waals surface area contributed by atoms with Crippen molar-refractivity contribution in [2.75, 3.05) is 24.6 Å². The molecule has 132 valence electrons. The van der Waals surface area contributed by atoms with E-state index in [9.17, 15) is 4.79 Å². The minimum Gasteiger partial charge on any atom is -0.492 e. The number of rotatable bonds is 5. The fourth-order valence-corrected chi connectivity index (χ4v) is 5.28. The molecule has 0 bridgehead atoms. The maximum Gasteiger partial charge on any atom is 0.269 e. The lowest BCUT2D eigenvalue weighted by Crippen LogP contribution is -2.27. The van der Waals surface area contributed by atoms with E-state index in [4.69, 9.17) is 17.0 Å². The molecule has 2 heterocycles. The third-order valence-electron chi connectivity index (χ3n) is 3.90. The topological polar surface area (TPSA) is 32.8 Å². The molecule has 0 radical (unpaired) electrons. The highest BCUT2D eigenvalue weighted by atomic mass is 32.2. The van der Waals surface area contributed by atoms with Gasteiger partial charge in [-0.3, -0.25) is 9.69 Å². The van der Waals surface area contributed by atoms with Crippen LogP contribution in [0.2, 0.25) is 0 Å². The highest BCUT2D eigenvalue weighted by Crippen LogP contribution is 2.46. The molecule has 25 heavy (non-hydrogen) atoms. The summed E-state index contributed by atoms with van der Waals surface area (Å²) in [7, 11) is 0. The highest BCUT2D eigenvalue weighted by molar-refractivity contribution is 8.26. The van der Waals surface area contributed by atoms with Crippen molar-refractivity contribution in [3.05, 3.63) is 46.0 Å². The zero-order chi connectivity index (χ0) is 18.0. The number of thioether (sulfide) groups is 2. The molecule has 1 saturated heterocycles. The number of hydrogen-bond acceptors (Lipinski definition) is 6. The Morgan fingerprint density at radius 1 is 1.16 bits per heavy atom. The maximum absolute atomic E-state index is 12.6. The molecule has 0 aliphatic carbocycles. The summed E-state index contributed by atoms with van der Waals surface area (Å²) in [5.74, 6) is 0.533. The summed E-state index contributed by atoms with van der Waals surface area (Å²) in [5, 5.41) is 1.06. The summed E-state index contributed by atoms with van der Waals surface area (Å²) >= 11 is 8.34. The van der Waals surface area contributed by atoms with E-state index in [2.05, 4.69) is 24.0 Å². The van der Waals surface area contributed by atoms with Crippen molar-refractivity contribution in [2.24, 2.45) is 0 Å². The van der Waals surface area contributed by atoms with Gasteiger partial charge in [-0.15, -0.1) is 0 Å². The van der Waals surface area contributed by atoms with Crippen molar-refractivity contribution in [3.8, 4) is 0 Å². The molecule has 7 heteroatoms. The molecule has 0 unspecified atom stereocenters. The van der Waals surface area contributed by atoms with Crippen LogP contribution in [0, 0.1) is 0 Å². The summed E-state index contributed by atoms with van der Waals surface area (Å²) in [6.07, 6.45) is 1.97. The molecule has 0 saturated carbocycles. The Hall–Kier alpha value is -1.44. The molecule has 0 N–H and O–H groups in total. The van der Waals surface area contributed by atoms with Crippen LogP contribution in [-0.2, 0) is 9.53 Å². The second kappa shape index (κ2) is 7.85. The van der Waals surface area contributed by atoms with E-state index in [-0.39, 0.29) is 5.91 Å². The standard InChI is InChI=1S/C18H20N2O2S3/c1-4-19-12-9-7-8-10-14(12)24-15(19)11-13(22-6-3)16-17(21)20(5-2)18(23)25-16/h7-11H,4-6H2,1-3H3/b15-11-,16-13-. The van der Waals surface area contributed by atoms with Crippen LogP contribution in [0.5, 0.6) is 0 Å². The first-order chi connectivity index (χ1) is 12.1. The minimum absolute atomic E-state index is 0.0682. The number of allylic oxidation sites excluding steroid dienone is 1. The molecule has 0 spiro atoms. The maximum atomic E-state index is 12.6. The molecule has 1 aromatic rings. The van der Waals surface area contributed by atoms with Gasteiger partial charge >= 0.3 is 0 Å². The first-order valence-corrected chi connectivity index (χ1v) is 10.3. The van der Waals surface area contributed by atoms with Crippen LogP contribution < -0.4 is 4.90 Å². The number of benzene rings is 1. The molecule has 2 aliphatic rings. The number of likely N-dealkylation sites (N-methyl/N-ethyl adjacent to an activating group) is 1. The van der Waals surface area contributed by atoms with Gasteiger partial charge in [0.2, 0.25) is 0 Å². The number of nitrogens with zero attached hydrogens (tertiary/aromatic N) is 2. The number of ether oxygens (including phenoxy) is 1. The number of hydrogen-bond donors (Lipinski definition) is 0. The van der Waals surface area contributed by atoms with Crippen LogP contribution in [0.3, 0.4) is 0 Å². The normalized spacial score (nSPS) is 20.5. The smallest absolute Gasteiger partial charge is 0.269 e. The van der Waals surface area contributed by atoms with Crippen LogP contribution in [-0.4, -0.2) is 34.8 Å². The van der Waals surface area contributed by atoms with E-state index in [0.29, 0.717) is 28.1 Å². The van der Waals surface area contributed by atoms with Crippen molar-refractivity contribution in [1.29, 1.82) is 0 Å². The first kappa shape index (κ1) is 18.4. The van der Waals surface area contributed by atoms with Gasteiger partial charge in [-0.25, -0.2) is 0 Å². The Morgan fingerprint density at radius 3 is 2.52 bits per heavy atom. The monoisotopic (exact) mass is 392 g/mol. The van der Waals surface area contributed by atoms with E-state index >= 15 is 0 Å². The van der Waals surface area contributed by atoms with Crippen LogP contribution in [0.25, 0.3) is 0 Å². The van der Waals surface area contributed by atoms with Crippen molar-refractivity contribution < 1.29 is 9.53 Å². The van der Waals surface area contributed by atoms with Gasteiger partial charge in [-0.05, 0) is 32.9 Å². The molecule has 2 aliphatic heterocycles. The molecule has 3 rings (SSSR count). The number of thiocarbonyl (C=S) groups is 1. The average molecular weight is 393 g/mol. The summed E-state index contributed by atoms with van der Waals surface area (Å²) < 4.78 is 6.42. The highest BCUT2D eigenvalue weighted by Gasteiger charge is 2.34. The quantitative estimate of drug-likeness (QED) is 0.414. The summed E-state index contributed by atoms with van der Waals surface area (Å²) in [5.41, 5.74) is 1.19. The Labute approximate surface area is 162 Å². The first-order valence-electron chi connectivity index (χ1n) is 8.27. The number of fused-ring (bicyclic) bond motifs is 1. The molecular weight excluding hydrogens is 372 g/mol. The van der Waals surface area contributed by atoms with Gasteiger partial charge in [0.05, 0.1) is 17.3 Å². The summed E-state index contributed by atoms with van der Waals surface area (Å²) in [6.45, 7) is 7.89. The zero-order valence-electron chi connectivity index (χ0n) is 14.4. The second-order valence-corrected chi connectivity index (χ2v) is 8.05. The summed E-state index contributed by atoms with van der Waals surface area (Å²) in [4.78, 5) is 18.3. The van der Waals surface area contributed by atoms with Gasteiger partial charge in [0.1, 0.15) is 15.0 Å². The van der Waals surface area contributed by atoms with Gasteiger partial charge in [0.25, 0.3) is 5.91 Å². The molecule has 1 amide bonds. The Morgan fingerprint density at radius 2 is 1.88 bits per heavy atom. The van der Waals surface area contributed by atoms with Gasteiger partial charge in [-0.1, -0.05) is 47.9 Å². The second-order valence-electron chi connectivity index (χ2n) is 5.34. The number of carbonyl (C=O) groups excluding carboxylic acids is 1. The average Bonchev–Trinajstić information content (AvgIpc) is 3.10. The Kier molecular flexibility index (Phi) is 5.76. The largest absolute Gasteiger partial charge is 0.492 e. The molecule has 0 aromatic heterocycles. The minimum atomic E-state index is -0.0682. The zero-order valence-corrected chi connectivity index (χ0v) is 16.9. The van der Waals surface area contributed by atoms with Gasteiger partial charge < -0.3 is 9.64 Å². The third-order valence-corrected chi connectivity index (χ3v) is 6.45. The van der Waals surface area contributed by atoms with Crippen LogP contribution in [0.15, 0.2) is 50.9 Å². The molecule has 1 aromatic carbocycles. The van der Waals surface area contributed by atoms with E-state index in [1.54, 1.807) is 16.7 Å². The Bertz CT molecular complexity index is 773. The number of para-hydroxylation sites is 1.